The molecule has 0 amide bonds. The van der Waals surface area contributed by atoms with Crippen molar-refractivity contribution in [2.45, 2.75) is 12.7 Å². The van der Waals surface area contributed by atoms with Crippen LogP contribution in [0.25, 0.3) is 0 Å². The van der Waals surface area contributed by atoms with E-state index in [0.717, 1.165) is 14.7 Å². The summed E-state index contributed by atoms with van der Waals surface area (Å²) in [6.45, 7) is 0.705. The van der Waals surface area contributed by atoms with Crippen LogP contribution in [0.5, 0.6) is 0 Å². The molecule has 0 aromatic heterocycles. The van der Waals surface area contributed by atoms with Crippen LogP contribution in [0.15, 0.2) is 48.5 Å². The van der Waals surface area contributed by atoms with Gasteiger partial charge in [-0.25, -0.2) is 4.39 Å². The van der Waals surface area contributed by atoms with E-state index in [2.05, 4.69) is 22.6 Å². The van der Waals surface area contributed by atoms with Gasteiger partial charge in [0.15, 0.2) is 0 Å². The monoisotopic (exact) mass is 398 g/mol. The first kappa shape index (κ1) is 15.0. The normalized spacial score (nSPS) is 18.2. The molecule has 1 fully saturated rings. The van der Waals surface area contributed by atoms with Crippen LogP contribution >= 0.6 is 22.6 Å². The number of hydrogen-bond donors (Lipinski definition) is 0. The highest BCUT2D eigenvalue weighted by molar-refractivity contribution is 14.1. The molecule has 2 aromatic carbocycles. The molecule has 1 heterocycles. The van der Waals surface area contributed by atoms with Gasteiger partial charge in [0.2, 0.25) is 0 Å². The second-order valence-corrected chi connectivity index (χ2v) is 5.87. The summed E-state index contributed by atoms with van der Waals surface area (Å²) in [6.07, 6.45) is -0.122. The van der Waals surface area contributed by atoms with Gasteiger partial charge in [-0.1, -0.05) is 30.3 Å². The second-order valence-electron chi connectivity index (χ2n) is 4.70. The van der Waals surface area contributed by atoms with Crippen molar-refractivity contribution in [2.75, 3.05) is 6.61 Å². The Morgan fingerprint density at radius 2 is 2.05 bits per heavy atom. The van der Waals surface area contributed by atoms with Gasteiger partial charge in [-0.05, 0) is 51.9 Å². The van der Waals surface area contributed by atoms with Gasteiger partial charge in [0.1, 0.15) is 5.82 Å². The third kappa shape index (κ3) is 3.82. The van der Waals surface area contributed by atoms with E-state index in [4.69, 9.17) is 14.0 Å². The molecular formula is C15H13BFIO3. The molecule has 1 saturated heterocycles. The standard InChI is InChI=1S/C15H13BFIO3/c17-13-6-7-14(18)12(8-13)9-19-16-20-10-15(21-16)11-4-2-1-3-5-11/h1-8,15H,9-10H2. The lowest BCUT2D eigenvalue weighted by atomic mass is 10.1. The highest BCUT2D eigenvalue weighted by atomic mass is 127. The van der Waals surface area contributed by atoms with Gasteiger partial charge in [-0.2, -0.15) is 0 Å². The molecular weight excluding hydrogens is 385 g/mol. The molecule has 21 heavy (non-hydrogen) atoms. The Morgan fingerprint density at radius 1 is 1.24 bits per heavy atom. The topological polar surface area (TPSA) is 27.7 Å². The highest BCUT2D eigenvalue weighted by Gasteiger charge is 2.34. The summed E-state index contributed by atoms with van der Waals surface area (Å²) < 4.78 is 30.9. The molecule has 1 unspecified atom stereocenters. The van der Waals surface area contributed by atoms with Crippen LogP contribution in [-0.4, -0.2) is 13.9 Å². The SMILES string of the molecule is Fc1ccc(I)c(COB2OCC(c3ccccc3)O2)c1. The molecule has 3 nitrogen and oxygen atoms in total. The van der Waals surface area contributed by atoms with Crippen LogP contribution in [-0.2, 0) is 20.6 Å². The smallest absolute Gasteiger partial charge is 0.383 e. The lowest BCUT2D eigenvalue weighted by Crippen LogP contribution is -2.20. The zero-order valence-corrected chi connectivity index (χ0v) is 13.3. The largest absolute Gasteiger partial charge is 0.640 e. The highest BCUT2D eigenvalue weighted by Crippen LogP contribution is 2.25. The summed E-state index contributed by atoms with van der Waals surface area (Å²) >= 11 is 2.15. The molecule has 1 aliphatic heterocycles. The summed E-state index contributed by atoms with van der Waals surface area (Å²) in [7, 11) is -0.714. The fourth-order valence-electron chi connectivity index (χ4n) is 2.12. The van der Waals surface area contributed by atoms with E-state index in [-0.39, 0.29) is 18.5 Å². The number of hydrogen-bond acceptors (Lipinski definition) is 3. The maximum atomic E-state index is 13.2. The molecule has 6 heteroatoms. The quantitative estimate of drug-likeness (QED) is 0.581. The van der Waals surface area contributed by atoms with Crippen LogP contribution in [0, 0.1) is 9.39 Å². The van der Waals surface area contributed by atoms with E-state index in [1.165, 1.54) is 12.1 Å². The first-order chi connectivity index (χ1) is 10.2. The minimum atomic E-state index is -0.714. The minimum absolute atomic E-state index is 0.122. The van der Waals surface area contributed by atoms with Crippen molar-refractivity contribution >= 4 is 29.9 Å². The lowest BCUT2D eigenvalue weighted by molar-refractivity contribution is 0.153. The van der Waals surface area contributed by atoms with Gasteiger partial charge < -0.3 is 14.0 Å². The maximum Gasteiger partial charge on any atom is 0.640 e. The molecule has 0 radical (unpaired) electrons. The Bertz CT molecular complexity index is 611. The molecule has 0 spiro atoms. The van der Waals surface area contributed by atoms with Crippen LogP contribution in [0.1, 0.15) is 17.2 Å². The summed E-state index contributed by atoms with van der Waals surface area (Å²) in [6, 6.07) is 14.5. The van der Waals surface area contributed by atoms with Crippen LogP contribution in [0.3, 0.4) is 0 Å². The van der Waals surface area contributed by atoms with E-state index < -0.39 is 7.32 Å². The Labute approximate surface area is 136 Å². The summed E-state index contributed by atoms with van der Waals surface area (Å²) in [5, 5.41) is 0. The van der Waals surface area contributed by atoms with Crippen molar-refractivity contribution in [2.24, 2.45) is 0 Å². The molecule has 108 valence electrons. The average Bonchev–Trinajstić information content (AvgIpc) is 2.98. The maximum absolute atomic E-state index is 13.2. The second kappa shape index (κ2) is 6.87. The Morgan fingerprint density at radius 3 is 2.86 bits per heavy atom. The zero-order chi connectivity index (χ0) is 14.7. The number of benzene rings is 2. The van der Waals surface area contributed by atoms with Crippen molar-refractivity contribution in [3.05, 3.63) is 69.0 Å². The van der Waals surface area contributed by atoms with E-state index in [1.54, 1.807) is 6.07 Å². The Balaban J connectivity index is 1.57. The fraction of sp³-hybridized carbons (Fsp3) is 0.200. The molecule has 1 atom stereocenters. The third-order valence-corrected chi connectivity index (χ3v) is 4.27. The molecule has 3 rings (SSSR count). The van der Waals surface area contributed by atoms with Crippen molar-refractivity contribution in [1.29, 1.82) is 0 Å². The number of rotatable bonds is 4. The predicted molar refractivity (Wildman–Crippen MR) is 85.9 cm³/mol. The van der Waals surface area contributed by atoms with Gasteiger partial charge in [0.05, 0.1) is 19.3 Å². The summed E-state index contributed by atoms with van der Waals surface area (Å²) in [5.74, 6) is -0.274. The van der Waals surface area contributed by atoms with Crippen molar-refractivity contribution < 1.29 is 18.4 Å². The lowest BCUT2D eigenvalue weighted by Gasteiger charge is -2.10. The molecule has 1 aliphatic rings. The fourth-order valence-corrected chi connectivity index (χ4v) is 2.61. The van der Waals surface area contributed by atoms with Gasteiger partial charge in [0, 0.05) is 3.57 Å². The van der Waals surface area contributed by atoms with Gasteiger partial charge >= 0.3 is 7.32 Å². The van der Waals surface area contributed by atoms with Crippen molar-refractivity contribution in [1.82, 2.24) is 0 Å². The molecule has 0 aliphatic carbocycles. The van der Waals surface area contributed by atoms with Gasteiger partial charge in [-0.3, -0.25) is 0 Å². The summed E-state index contributed by atoms with van der Waals surface area (Å²) in [5.41, 5.74) is 1.84. The first-order valence-corrected chi connectivity index (χ1v) is 7.68. The Hall–Kier alpha value is -0.955. The molecule has 0 bridgehead atoms. The molecule has 0 N–H and O–H groups in total. The average molecular weight is 398 g/mol. The van der Waals surface area contributed by atoms with Gasteiger partial charge in [0.25, 0.3) is 0 Å². The van der Waals surface area contributed by atoms with E-state index >= 15 is 0 Å². The van der Waals surface area contributed by atoms with Crippen LogP contribution in [0.2, 0.25) is 0 Å². The third-order valence-electron chi connectivity index (χ3n) is 3.21. The van der Waals surface area contributed by atoms with E-state index in [1.807, 2.05) is 30.3 Å². The predicted octanol–water partition coefficient (Wildman–Crippen LogP) is 3.72. The molecule has 0 saturated carbocycles. The van der Waals surface area contributed by atoms with E-state index in [9.17, 15) is 4.39 Å². The van der Waals surface area contributed by atoms with Crippen molar-refractivity contribution in [3.8, 4) is 0 Å². The molecule has 2 aromatic rings. The Kier molecular flexibility index (Phi) is 4.89. The van der Waals surface area contributed by atoms with Gasteiger partial charge in [-0.15, -0.1) is 0 Å². The summed E-state index contributed by atoms with van der Waals surface area (Å²) in [4.78, 5) is 0. The van der Waals surface area contributed by atoms with Crippen LogP contribution in [0.4, 0.5) is 4.39 Å². The zero-order valence-electron chi connectivity index (χ0n) is 11.2. The van der Waals surface area contributed by atoms with Crippen molar-refractivity contribution in [3.63, 3.8) is 0 Å². The number of halogens is 2. The minimum Gasteiger partial charge on any atom is -0.383 e. The van der Waals surface area contributed by atoms with E-state index in [0.29, 0.717) is 6.61 Å². The van der Waals surface area contributed by atoms with Crippen LogP contribution < -0.4 is 0 Å². The first-order valence-electron chi connectivity index (χ1n) is 6.60.